The molecule has 0 aliphatic heterocycles. The molecule has 1 aliphatic carbocycles. The van der Waals surface area contributed by atoms with Crippen molar-refractivity contribution < 1.29 is 4.39 Å². The van der Waals surface area contributed by atoms with Crippen LogP contribution in [0.2, 0.25) is 0 Å². The van der Waals surface area contributed by atoms with Gasteiger partial charge in [-0.2, -0.15) is 0 Å². The number of aromatic nitrogens is 2. The van der Waals surface area contributed by atoms with Gasteiger partial charge >= 0.3 is 0 Å². The lowest BCUT2D eigenvalue weighted by molar-refractivity contribution is 0.510. The van der Waals surface area contributed by atoms with E-state index in [-0.39, 0.29) is 11.9 Å². The topological polar surface area (TPSA) is 43.8 Å². The van der Waals surface area contributed by atoms with Gasteiger partial charge in [-0.15, -0.1) is 11.3 Å². The Hall–Kier alpha value is -1.88. The second-order valence-corrected chi connectivity index (χ2v) is 6.64. The number of nitrogen functional groups attached to an aromatic ring is 1. The second kappa shape index (κ2) is 4.56. The molecule has 0 spiro atoms. The number of hydrogen-bond donors (Lipinski definition) is 1. The number of nitrogens with two attached hydrogens (primary N) is 1. The Bertz CT molecular complexity index is 834. The van der Waals surface area contributed by atoms with Gasteiger partial charge in [0.2, 0.25) is 5.95 Å². The maximum atomic E-state index is 13.7. The minimum absolute atomic E-state index is 0.217. The van der Waals surface area contributed by atoms with Crippen LogP contribution < -0.4 is 5.73 Å². The number of aryl methyl sites for hydroxylation is 2. The first-order valence-electron chi connectivity index (χ1n) is 7.15. The minimum atomic E-state index is -0.230. The summed E-state index contributed by atoms with van der Waals surface area (Å²) in [6.45, 7) is 1.78. The third kappa shape index (κ3) is 1.87. The predicted molar refractivity (Wildman–Crippen MR) is 84.2 cm³/mol. The largest absolute Gasteiger partial charge is 0.369 e. The lowest BCUT2D eigenvalue weighted by Gasteiger charge is -2.25. The van der Waals surface area contributed by atoms with Gasteiger partial charge in [-0.05, 0) is 54.8 Å². The van der Waals surface area contributed by atoms with E-state index in [1.807, 2.05) is 17.4 Å². The average molecular weight is 301 g/mol. The van der Waals surface area contributed by atoms with E-state index in [0.29, 0.717) is 17.0 Å². The number of rotatable bonds is 1. The Morgan fingerprint density at radius 2 is 2.29 bits per heavy atom. The molecule has 1 aromatic carbocycles. The first kappa shape index (κ1) is 12.8. The molecule has 1 atom stereocenters. The summed E-state index contributed by atoms with van der Waals surface area (Å²) in [6, 6.07) is 5.74. The molecular weight excluding hydrogens is 285 g/mol. The molecular formula is C16H16FN3S. The van der Waals surface area contributed by atoms with Crippen LogP contribution in [-0.2, 0) is 6.42 Å². The Morgan fingerprint density at radius 1 is 1.43 bits per heavy atom. The number of benzene rings is 1. The smallest absolute Gasteiger partial charge is 0.201 e. The molecule has 0 amide bonds. The van der Waals surface area contributed by atoms with E-state index >= 15 is 0 Å². The van der Waals surface area contributed by atoms with Gasteiger partial charge in [-0.1, -0.05) is 0 Å². The Morgan fingerprint density at radius 3 is 3.14 bits per heavy atom. The van der Waals surface area contributed by atoms with Crippen molar-refractivity contribution >= 4 is 28.3 Å². The normalized spacial score (nSPS) is 18.1. The zero-order valence-corrected chi connectivity index (χ0v) is 12.6. The number of hydrogen-bond acceptors (Lipinski definition) is 3. The van der Waals surface area contributed by atoms with Gasteiger partial charge in [0.1, 0.15) is 5.82 Å². The lowest BCUT2D eigenvalue weighted by Crippen LogP contribution is -2.17. The van der Waals surface area contributed by atoms with E-state index in [0.717, 1.165) is 24.8 Å². The summed E-state index contributed by atoms with van der Waals surface area (Å²) in [4.78, 5) is 5.79. The van der Waals surface area contributed by atoms with Gasteiger partial charge in [0, 0.05) is 10.9 Å². The molecule has 0 fully saturated rings. The molecule has 3 aromatic rings. The first-order chi connectivity index (χ1) is 10.1. The molecule has 0 saturated heterocycles. The van der Waals surface area contributed by atoms with E-state index in [4.69, 9.17) is 5.73 Å². The molecule has 2 heterocycles. The Kier molecular flexibility index (Phi) is 2.79. The Labute approximate surface area is 126 Å². The summed E-state index contributed by atoms with van der Waals surface area (Å²) < 4.78 is 15.8. The SMILES string of the molecule is Cc1cc2c(cc1F)nc(N)n2C1CCCc2sccc21. The van der Waals surface area contributed by atoms with Crippen LogP contribution in [0.25, 0.3) is 11.0 Å². The highest BCUT2D eigenvalue weighted by atomic mass is 32.1. The van der Waals surface area contributed by atoms with E-state index in [1.165, 1.54) is 16.5 Å². The number of imidazole rings is 1. The van der Waals surface area contributed by atoms with Crippen molar-refractivity contribution in [3.63, 3.8) is 0 Å². The van der Waals surface area contributed by atoms with Crippen molar-refractivity contribution in [2.45, 2.75) is 32.2 Å². The second-order valence-electron chi connectivity index (χ2n) is 5.64. The summed E-state index contributed by atoms with van der Waals surface area (Å²) >= 11 is 1.81. The van der Waals surface area contributed by atoms with Gasteiger partial charge < -0.3 is 10.3 Å². The molecule has 3 nitrogen and oxygen atoms in total. The molecule has 0 bridgehead atoms. The molecule has 1 aliphatic rings. The van der Waals surface area contributed by atoms with Crippen LogP contribution >= 0.6 is 11.3 Å². The number of anilines is 1. The molecule has 0 saturated carbocycles. The first-order valence-corrected chi connectivity index (χ1v) is 8.03. The summed E-state index contributed by atoms with van der Waals surface area (Å²) in [5.41, 5.74) is 9.68. The summed E-state index contributed by atoms with van der Waals surface area (Å²) in [7, 11) is 0. The van der Waals surface area contributed by atoms with Crippen molar-refractivity contribution in [2.75, 3.05) is 5.73 Å². The fourth-order valence-corrected chi connectivity index (χ4v) is 4.28. The standard InChI is InChI=1S/C16H16FN3S/c1-9-7-14-12(8-11(9)17)19-16(18)20(14)13-3-2-4-15-10(13)5-6-21-15/h5-8,13H,2-4H2,1H3,(H2,18,19). The molecule has 4 rings (SSSR count). The fourth-order valence-electron chi connectivity index (χ4n) is 3.30. The van der Waals surface area contributed by atoms with E-state index in [1.54, 1.807) is 6.92 Å². The third-order valence-electron chi connectivity index (χ3n) is 4.33. The van der Waals surface area contributed by atoms with Crippen molar-refractivity contribution in [3.8, 4) is 0 Å². The molecule has 5 heteroatoms. The Balaban J connectivity index is 1.96. The highest BCUT2D eigenvalue weighted by Crippen LogP contribution is 2.39. The third-order valence-corrected chi connectivity index (χ3v) is 5.33. The molecule has 108 valence electrons. The van der Waals surface area contributed by atoms with Gasteiger partial charge in [-0.3, -0.25) is 0 Å². The minimum Gasteiger partial charge on any atom is -0.369 e. The predicted octanol–water partition coefficient (Wildman–Crippen LogP) is 4.05. The van der Waals surface area contributed by atoms with Crippen LogP contribution in [0.4, 0.5) is 10.3 Å². The highest BCUT2D eigenvalue weighted by Gasteiger charge is 2.26. The van der Waals surface area contributed by atoms with Gasteiger partial charge in [-0.25, -0.2) is 9.37 Å². The van der Waals surface area contributed by atoms with Crippen molar-refractivity contribution in [1.82, 2.24) is 9.55 Å². The summed E-state index contributed by atoms with van der Waals surface area (Å²) in [6.07, 6.45) is 3.34. The van der Waals surface area contributed by atoms with Crippen LogP contribution in [0, 0.1) is 12.7 Å². The van der Waals surface area contributed by atoms with Crippen LogP contribution in [0.3, 0.4) is 0 Å². The summed E-state index contributed by atoms with van der Waals surface area (Å²) in [5.74, 6) is 0.242. The zero-order valence-electron chi connectivity index (χ0n) is 11.8. The highest BCUT2D eigenvalue weighted by molar-refractivity contribution is 7.10. The lowest BCUT2D eigenvalue weighted by atomic mass is 9.93. The van der Waals surface area contributed by atoms with Crippen LogP contribution in [0.15, 0.2) is 23.6 Å². The van der Waals surface area contributed by atoms with Crippen molar-refractivity contribution in [3.05, 3.63) is 45.4 Å². The maximum absolute atomic E-state index is 13.7. The van der Waals surface area contributed by atoms with E-state index in [2.05, 4.69) is 21.0 Å². The van der Waals surface area contributed by atoms with Crippen molar-refractivity contribution in [2.24, 2.45) is 0 Å². The number of fused-ring (bicyclic) bond motifs is 2. The molecule has 0 radical (unpaired) electrons. The van der Waals surface area contributed by atoms with Gasteiger partial charge in [0.15, 0.2) is 0 Å². The maximum Gasteiger partial charge on any atom is 0.201 e. The average Bonchev–Trinajstić information content (AvgIpc) is 3.03. The zero-order chi connectivity index (χ0) is 14.6. The molecule has 1 unspecified atom stereocenters. The molecule has 2 N–H and O–H groups in total. The van der Waals surface area contributed by atoms with Crippen LogP contribution in [-0.4, -0.2) is 9.55 Å². The van der Waals surface area contributed by atoms with Gasteiger partial charge in [0.05, 0.1) is 17.1 Å². The fraction of sp³-hybridized carbons (Fsp3) is 0.312. The van der Waals surface area contributed by atoms with Gasteiger partial charge in [0.25, 0.3) is 0 Å². The number of nitrogens with zero attached hydrogens (tertiary/aromatic N) is 2. The van der Waals surface area contributed by atoms with Crippen LogP contribution in [0.5, 0.6) is 0 Å². The number of thiophene rings is 1. The van der Waals surface area contributed by atoms with E-state index in [9.17, 15) is 4.39 Å². The number of halogens is 1. The molecule has 21 heavy (non-hydrogen) atoms. The van der Waals surface area contributed by atoms with E-state index < -0.39 is 0 Å². The van der Waals surface area contributed by atoms with Crippen molar-refractivity contribution in [1.29, 1.82) is 0 Å². The van der Waals surface area contributed by atoms with Crippen LogP contribution in [0.1, 0.15) is 34.9 Å². The molecule has 2 aromatic heterocycles. The monoisotopic (exact) mass is 301 g/mol. The summed E-state index contributed by atoms with van der Waals surface area (Å²) in [5, 5.41) is 2.14. The quantitative estimate of drug-likeness (QED) is 0.737.